The largest absolute Gasteiger partial charge is 0.508 e. The summed E-state index contributed by atoms with van der Waals surface area (Å²) in [5.74, 6) is -1.17. The minimum absolute atomic E-state index is 0.176. The van der Waals surface area contributed by atoms with Crippen molar-refractivity contribution in [2.45, 2.75) is 51.5 Å². The van der Waals surface area contributed by atoms with Gasteiger partial charge in [0.25, 0.3) is 0 Å². The first-order valence-corrected chi connectivity index (χ1v) is 9.74. The number of phenols is 2. The quantitative estimate of drug-likeness (QED) is 0.513. The van der Waals surface area contributed by atoms with Gasteiger partial charge in [0.05, 0.1) is 0 Å². The van der Waals surface area contributed by atoms with Crippen molar-refractivity contribution in [2.24, 2.45) is 5.92 Å². The number of carbonyl (C=O) groups is 2. The zero-order valence-electron chi connectivity index (χ0n) is 17.1. The molecule has 0 saturated heterocycles. The Balaban J connectivity index is 2.14. The molecule has 2 aromatic rings. The Labute approximate surface area is 171 Å². The topological polar surface area (TPSA) is 107 Å². The number of aliphatic carboxylic acids is 1. The second kappa shape index (κ2) is 9.45. The van der Waals surface area contributed by atoms with Crippen molar-refractivity contribution in [3.8, 4) is 11.5 Å². The lowest BCUT2D eigenvalue weighted by Gasteiger charge is -2.31. The number of hydrogen-bond donors (Lipinski definition) is 4. The molecule has 0 aliphatic heterocycles. The van der Waals surface area contributed by atoms with Gasteiger partial charge in [-0.25, -0.2) is 4.79 Å². The summed E-state index contributed by atoms with van der Waals surface area (Å²) >= 11 is 0. The number of benzene rings is 2. The van der Waals surface area contributed by atoms with Gasteiger partial charge in [0.1, 0.15) is 17.5 Å². The lowest BCUT2D eigenvalue weighted by molar-refractivity contribution is -0.143. The molecule has 0 aliphatic rings. The number of carboxylic acids is 1. The van der Waals surface area contributed by atoms with Crippen LogP contribution in [-0.2, 0) is 15.0 Å². The van der Waals surface area contributed by atoms with Gasteiger partial charge >= 0.3 is 5.97 Å². The Bertz CT molecular complexity index is 782. The Morgan fingerprint density at radius 3 is 1.76 bits per heavy atom. The van der Waals surface area contributed by atoms with Crippen LogP contribution in [0.2, 0.25) is 0 Å². The van der Waals surface area contributed by atoms with Crippen molar-refractivity contribution in [2.75, 3.05) is 0 Å². The first-order valence-electron chi connectivity index (χ1n) is 9.74. The zero-order valence-corrected chi connectivity index (χ0v) is 17.1. The van der Waals surface area contributed by atoms with E-state index in [-0.39, 0.29) is 29.7 Å². The van der Waals surface area contributed by atoms with Crippen molar-refractivity contribution in [1.82, 2.24) is 5.32 Å². The van der Waals surface area contributed by atoms with Crippen LogP contribution in [0.4, 0.5) is 0 Å². The molecule has 6 heteroatoms. The molecule has 156 valence electrons. The van der Waals surface area contributed by atoms with Crippen LogP contribution in [0.1, 0.15) is 51.2 Å². The van der Waals surface area contributed by atoms with Crippen molar-refractivity contribution >= 4 is 11.9 Å². The number of carboxylic acid groups (broad SMARTS) is 1. The van der Waals surface area contributed by atoms with Crippen LogP contribution in [0.25, 0.3) is 0 Å². The fourth-order valence-corrected chi connectivity index (χ4v) is 3.48. The molecule has 0 unspecified atom stereocenters. The van der Waals surface area contributed by atoms with Crippen LogP contribution in [0.15, 0.2) is 48.5 Å². The molecule has 0 spiro atoms. The minimum Gasteiger partial charge on any atom is -0.508 e. The van der Waals surface area contributed by atoms with Crippen LogP contribution in [0.3, 0.4) is 0 Å². The minimum atomic E-state index is -1.04. The van der Waals surface area contributed by atoms with E-state index < -0.39 is 17.4 Å². The van der Waals surface area contributed by atoms with Gasteiger partial charge in [0.2, 0.25) is 5.91 Å². The third kappa shape index (κ3) is 5.73. The molecule has 29 heavy (non-hydrogen) atoms. The maximum absolute atomic E-state index is 12.3. The van der Waals surface area contributed by atoms with Crippen molar-refractivity contribution in [3.05, 3.63) is 59.7 Å². The van der Waals surface area contributed by atoms with Crippen molar-refractivity contribution < 1.29 is 24.9 Å². The molecule has 0 bridgehead atoms. The summed E-state index contributed by atoms with van der Waals surface area (Å²) in [6.45, 7) is 5.56. The molecule has 0 saturated carbocycles. The molecule has 1 atom stereocenters. The Hall–Kier alpha value is -3.02. The van der Waals surface area contributed by atoms with E-state index in [0.29, 0.717) is 12.8 Å². The second-order valence-corrected chi connectivity index (χ2v) is 7.91. The van der Waals surface area contributed by atoms with E-state index >= 15 is 0 Å². The number of phenolic OH excluding ortho intramolecular Hbond substituents is 2. The monoisotopic (exact) mass is 399 g/mol. The van der Waals surface area contributed by atoms with Crippen LogP contribution in [0.5, 0.6) is 11.5 Å². The highest BCUT2D eigenvalue weighted by Gasteiger charge is 2.29. The standard InChI is InChI=1S/C23H29NO5/c1-15(2)21(22(28)29)24-20(27)5-4-14-23(3,16-6-10-18(25)11-7-16)17-8-12-19(26)13-9-17/h6-13,15,21,25-26H,4-5,14H2,1-3H3,(H,24,27)(H,28,29)/t21-/m0/s1. The Morgan fingerprint density at radius 1 is 0.931 bits per heavy atom. The molecular formula is C23H29NO5. The van der Waals surface area contributed by atoms with E-state index in [1.54, 1.807) is 38.1 Å². The fourth-order valence-electron chi connectivity index (χ4n) is 3.48. The van der Waals surface area contributed by atoms with Gasteiger partial charge in [-0.05, 0) is 54.2 Å². The van der Waals surface area contributed by atoms with Crippen LogP contribution in [0, 0.1) is 5.92 Å². The van der Waals surface area contributed by atoms with E-state index in [2.05, 4.69) is 12.2 Å². The lowest BCUT2D eigenvalue weighted by atomic mass is 9.72. The molecule has 4 N–H and O–H groups in total. The lowest BCUT2D eigenvalue weighted by Crippen LogP contribution is -2.44. The SMILES string of the molecule is CC(C)[C@H](NC(=O)CCCC(C)(c1ccc(O)cc1)c1ccc(O)cc1)C(=O)O. The predicted molar refractivity (Wildman–Crippen MR) is 111 cm³/mol. The molecule has 1 amide bonds. The summed E-state index contributed by atoms with van der Waals surface area (Å²) in [7, 11) is 0. The summed E-state index contributed by atoms with van der Waals surface area (Å²) in [6, 6.07) is 13.0. The van der Waals surface area contributed by atoms with E-state index in [4.69, 9.17) is 0 Å². The molecule has 2 rings (SSSR count). The Kier molecular flexibility index (Phi) is 7.26. The number of rotatable bonds is 9. The van der Waals surface area contributed by atoms with Gasteiger partial charge in [0, 0.05) is 11.8 Å². The van der Waals surface area contributed by atoms with Crippen LogP contribution in [-0.4, -0.2) is 33.2 Å². The van der Waals surface area contributed by atoms with Crippen molar-refractivity contribution in [3.63, 3.8) is 0 Å². The average molecular weight is 399 g/mol. The van der Waals surface area contributed by atoms with E-state index in [1.807, 2.05) is 24.3 Å². The average Bonchev–Trinajstić information content (AvgIpc) is 2.66. The molecule has 6 nitrogen and oxygen atoms in total. The second-order valence-electron chi connectivity index (χ2n) is 7.91. The number of carbonyl (C=O) groups excluding carboxylic acids is 1. The molecule has 2 aromatic carbocycles. The normalized spacial score (nSPS) is 12.6. The maximum atomic E-state index is 12.3. The van der Waals surface area contributed by atoms with Crippen LogP contribution < -0.4 is 5.32 Å². The number of aromatic hydroxyl groups is 2. The predicted octanol–water partition coefficient (Wildman–Crippen LogP) is 3.80. The van der Waals surface area contributed by atoms with Gasteiger partial charge in [-0.15, -0.1) is 0 Å². The van der Waals surface area contributed by atoms with Gasteiger partial charge in [-0.1, -0.05) is 45.0 Å². The molecule has 0 radical (unpaired) electrons. The summed E-state index contributed by atoms with van der Waals surface area (Å²) < 4.78 is 0. The molecule has 0 aliphatic carbocycles. The fraction of sp³-hybridized carbons (Fsp3) is 0.391. The summed E-state index contributed by atoms with van der Waals surface area (Å²) in [5, 5.41) is 31.1. The number of nitrogens with one attached hydrogen (secondary N) is 1. The maximum Gasteiger partial charge on any atom is 0.326 e. The first kappa shape index (κ1) is 22.3. The highest BCUT2D eigenvalue weighted by Crippen LogP contribution is 2.38. The smallest absolute Gasteiger partial charge is 0.326 e. The highest BCUT2D eigenvalue weighted by atomic mass is 16.4. The summed E-state index contributed by atoms with van der Waals surface area (Å²) in [4.78, 5) is 23.5. The highest BCUT2D eigenvalue weighted by molar-refractivity contribution is 5.83. The molecule has 0 fully saturated rings. The van der Waals surface area contributed by atoms with Gasteiger partial charge < -0.3 is 20.6 Å². The molecular weight excluding hydrogens is 370 g/mol. The number of hydrogen-bond acceptors (Lipinski definition) is 4. The summed E-state index contributed by atoms with van der Waals surface area (Å²) in [6.07, 6.45) is 1.40. The van der Waals surface area contributed by atoms with E-state index in [0.717, 1.165) is 11.1 Å². The third-order valence-corrected chi connectivity index (χ3v) is 5.34. The molecule has 0 heterocycles. The summed E-state index contributed by atoms with van der Waals surface area (Å²) in [5.41, 5.74) is 1.52. The van der Waals surface area contributed by atoms with E-state index in [1.165, 1.54) is 0 Å². The van der Waals surface area contributed by atoms with Crippen molar-refractivity contribution in [1.29, 1.82) is 0 Å². The van der Waals surface area contributed by atoms with Gasteiger partial charge in [-0.3, -0.25) is 4.79 Å². The first-order chi connectivity index (χ1) is 13.6. The van der Waals surface area contributed by atoms with Gasteiger partial charge in [0.15, 0.2) is 0 Å². The number of amides is 1. The zero-order chi connectivity index (χ0) is 21.6. The molecule has 0 aromatic heterocycles. The third-order valence-electron chi connectivity index (χ3n) is 5.34. The van der Waals surface area contributed by atoms with Gasteiger partial charge in [-0.2, -0.15) is 0 Å². The van der Waals surface area contributed by atoms with E-state index in [9.17, 15) is 24.9 Å². The van der Waals surface area contributed by atoms with Crippen LogP contribution >= 0.6 is 0 Å². The Morgan fingerprint density at radius 2 is 1.38 bits per heavy atom.